The highest BCUT2D eigenvalue weighted by atomic mass is 16.2. The van der Waals surface area contributed by atoms with Crippen molar-refractivity contribution in [2.75, 3.05) is 13.1 Å². The number of amides is 1. The summed E-state index contributed by atoms with van der Waals surface area (Å²) in [5.74, 6) is 7.04. The van der Waals surface area contributed by atoms with Crippen LogP contribution >= 0.6 is 0 Å². The second-order valence-corrected chi connectivity index (χ2v) is 7.05. The smallest absolute Gasteiger partial charge is 0.274 e. The van der Waals surface area contributed by atoms with Gasteiger partial charge >= 0.3 is 0 Å². The molecule has 3 rings (SSSR count). The number of rotatable bonds is 5. The molecule has 0 radical (unpaired) electrons. The fourth-order valence-electron chi connectivity index (χ4n) is 2.82. The van der Waals surface area contributed by atoms with Crippen molar-refractivity contribution in [3.63, 3.8) is 0 Å². The van der Waals surface area contributed by atoms with E-state index in [1.165, 1.54) is 10.6 Å². The first-order chi connectivity index (χ1) is 13.4. The van der Waals surface area contributed by atoms with Gasteiger partial charge in [0.25, 0.3) is 11.3 Å². The molecule has 0 aliphatic carbocycles. The fourth-order valence-corrected chi connectivity index (χ4v) is 2.82. The number of aromatic nitrogens is 4. The van der Waals surface area contributed by atoms with Gasteiger partial charge in [0.1, 0.15) is 5.82 Å². The highest BCUT2D eigenvalue weighted by molar-refractivity contribution is 5.78. The molecule has 7 heteroatoms. The van der Waals surface area contributed by atoms with E-state index >= 15 is 0 Å². The SMILES string of the molecule is Cc1cc(=O)n2[nH]c(CC(=O)N(CC#Cc3ccccc3)CC(C)C)nc2n1. The predicted octanol–water partition coefficient (Wildman–Crippen LogP) is 1.80. The molecule has 1 amide bonds. The topological polar surface area (TPSA) is 83.4 Å². The van der Waals surface area contributed by atoms with Crippen LogP contribution in [0.25, 0.3) is 5.78 Å². The monoisotopic (exact) mass is 377 g/mol. The number of aromatic amines is 1. The van der Waals surface area contributed by atoms with Gasteiger partial charge in [-0.2, -0.15) is 9.50 Å². The number of hydrogen-bond acceptors (Lipinski definition) is 4. The van der Waals surface area contributed by atoms with Crippen molar-refractivity contribution in [1.82, 2.24) is 24.5 Å². The van der Waals surface area contributed by atoms with Gasteiger partial charge in [-0.1, -0.05) is 43.9 Å². The number of hydrogen-bond donors (Lipinski definition) is 1. The Morgan fingerprint density at radius 3 is 2.71 bits per heavy atom. The van der Waals surface area contributed by atoms with Gasteiger partial charge in [0.15, 0.2) is 0 Å². The Bertz CT molecular complexity index is 1090. The summed E-state index contributed by atoms with van der Waals surface area (Å²) in [6, 6.07) is 11.1. The van der Waals surface area contributed by atoms with Gasteiger partial charge in [0.2, 0.25) is 5.91 Å². The van der Waals surface area contributed by atoms with Crippen molar-refractivity contribution in [1.29, 1.82) is 0 Å². The van der Waals surface area contributed by atoms with Gasteiger partial charge in [0.05, 0.1) is 13.0 Å². The van der Waals surface area contributed by atoms with E-state index in [-0.39, 0.29) is 23.7 Å². The van der Waals surface area contributed by atoms with Crippen LogP contribution in [0.1, 0.15) is 30.9 Å². The molecule has 0 fully saturated rings. The summed E-state index contributed by atoms with van der Waals surface area (Å²) in [4.78, 5) is 35.0. The zero-order valence-electron chi connectivity index (χ0n) is 16.3. The first-order valence-corrected chi connectivity index (χ1v) is 9.19. The largest absolute Gasteiger partial charge is 0.331 e. The molecule has 1 aromatic carbocycles. The van der Waals surface area contributed by atoms with Gasteiger partial charge in [0, 0.05) is 23.9 Å². The standard InChI is InChI=1S/C21H23N5O2/c1-15(2)14-25(11-7-10-17-8-5-4-6-9-17)19(27)13-18-23-21-22-16(3)12-20(28)26(21)24-18/h4-6,8-9,12,15H,11,13-14H2,1-3H3,(H,22,23,24). The average Bonchev–Trinajstić information content (AvgIpc) is 3.04. The van der Waals surface area contributed by atoms with Crippen molar-refractivity contribution in [2.45, 2.75) is 27.2 Å². The minimum absolute atomic E-state index is 0.0571. The lowest BCUT2D eigenvalue weighted by Gasteiger charge is -2.21. The molecule has 0 saturated carbocycles. The van der Waals surface area contributed by atoms with Gasteiger partial charge < -0.3 is 4.90 Å². The fraction of sp³-hybridized carbons (Fsp3) is 0.333. The lowest BCUT2D eigenvalue weighted by atomic mass is 10.2. The van der Waals surface area contributed by atoms with E-state index in [9.17, 15) is 9.59 Å². The maximum Gasteiger partial charge on any atom is 0.274 e. The van der Waals surface area contributed by atoms with Gasteiger partial charge in [-0.15, -0.1) is 0 Å². The van der Waals surface area contributed by atoms with Crippen molar-refractivity contribution in [3.8, 4) is 11.8 Å². The van der Waals surface area contributed by atoms with Gasteiger partial charge in [-0.3, -0.25) is 14.7 Å². The molecule has 0 saturated heterocycles. The zero-order valence-corrected chi connectivity index (χ0v) is 16.3. The molecule has 0 atom stereocenters. The molecule has 144 valence electrons. The number of aryl methyl sites for hydroxylation is 1. The van der Waals surface area contributed by atoms with Crippen molar-refractivity contribution < 1.29 is 4.79 Å². The van der Waals surface area contributed by atoms with Crippen LogP contribution < -0.4 is 5.56 Å². The van der Waals surface area contributed by atoms with E-state index in [0.717, 1.165) is 5.56 Å². The van der Waals surface area contributed by atoms with Crippen LogP contribution in [0.15, 0.2) is 41.2 Å². The Hall–Kier alpha value is -3.40. The molecule has 0 aliphatic rings. The third-order valence-corrected chi connectivity index (χ3v) is 4.04. The summed E-state index contributed by atoms with van der Waals surface area (Å²) in [6.45, 7) is 6.77. The van der Waals surface area contributed by atoms with E-state index < -0.39 is 0 Å². The number of fused-ring (bicyclic) bond motifs is 1. The summed E-state index contributed by atoms with van der Waals surface area (Å²) in [6.07, 6.45) is 0.0571. The second kappa shape index (κ2) is 8.53. The first-order valence-electron chi connectivity index (χ1n) is 9.19. The number of nitrogens with zero attached hydrogens (tertiary/aromatic N) is 4. The Balaban J connectivity index is 1.75. The molecule has 2 aromatic heterocycles. The van der Waals surface area contributed by atoms with Gasteiger partial charge in [-0.05, 0) is 25.0 Å². The number of carbonyl (C=O) groups excluding carboxylic acids is 1. The molecule has 0 aliphatic heterocycles. The minimum Gasteiger partial charge on any atom is -0.331 e. The summed E-state index contributed by atoms with van der Waals surface area (Å²) in [7, 11) is 0. The lowest BCUT2D eigenvalue weighted by molar-refractivity contribution is -0.130. The second-order valence-electron chi connectivity index (χ2n) is 7.05. The summed E-state index contributed by atoms with van der Waals surface area (Å²) < 4.78 is 1.25. The van der Waals surface area contributed by atoms with Crippen molar-refractivity contribution in [3.05, 3.63) is 63.8 Å². The Morgan fingerprint density at radius 2 is 2.00 bits per heavy atom. The van der Waals surface area contributed by atoms with Crippen LogP contribution in [0.2, 0.25) is 0 Å². The first kappa shape index (κ1) is 19.4. The van der Waals surface area contributed by atoms with Crippen LogP contribution in [0.3, 0.4) is 0 Å². The van der Waals surface area contributed by atoms with Crippen LogP contribution in [0, 0.1) is 24.7 Å². The molecule has 0 unspecified atom stereocenters. The maximum absolute atomic E-state index is 12.8. The van der Waals surface area contributed by atoms with Crippen LogP contribution in [-0.2, 0) is 11.2 Å². The molecule has 7 nitrogen and oxygen atoms in total. The number of benzene rings is 1. The third kappa shape index (κ3) is 4.86. The minimum atomic E-state index is -0.249. The highest BCUT2D eigenvalue weighted by Gasteiger charge is 2.17. The van der Waals surface area contributed by atoms with Gasteiger partial charge in [-0.25, -0.2) is 4.98 Å². The normalized spacial score (nSPS) is 10.7. The summed E-state index contributed by atoms with van der Waals surface area (Å²) >= 11 is 0. The number of nitrogens with one attached hydrogen (secondary N) is 1. The highest BCUT2D eigenvalue weighted by Crippen LogP contribution is 2.04. The Morgan fingerprint density at radius 1 is 1.25 bits per heavy atom. The quantitative estimate of drug-likeness (QED) is 0.688. The van der Waals surface area contributed by atoms with Crippen molar-refractivity contribution >= 4 is 11.7 Å². The average molecular weight is 377 g/mol. The van der Waals surface area contributed by atoms with Crippen LogP contribution in [0.5, 0.6) is 0 Å². The lowest BCUT2D eigenvalue weighted by Crippen LogP contribution is -2.36. The molecule has 28 heavy (non-hydrogen) atoms. The third-order valence-electron chi connectivity index (χ3n) is 4.04. The van der Waals surface area contributed by atoms with Crippen LogP contribution in [-0.4, -0.2) is 43.5 Å². The Kier molecular flexibility index (Phi) is 5.90. The number of carbonyl (C=O) groups is 1. The molecule has 1 N–H and O–H groups in total. The van der Waals surface area contributed by atoms with Crippen LogP contribution in [0.4, 0.5) is 0 Å². The zero-order chi connectivity index (χ0) is 20.1. The molecule has 0 spiro atoms. The molecule has 3 aromatic rings. The van der Waals surface area contributed by atoms with E-state index in [0.29, 0.717) is 30.5 Å². The molecular weight excluding hydrogens is 354 g/mol. The van der Waals surface area contributed by atoms with E-state index in [1.54, 1.807) is 11.8 Å². The molecule has 0 bridgehead atoms. The Labute approximate surface area is 163 Å². The molecular formula is C21H23N5O2. The molecule has 2 heterocycles. The number of H-pyrrole nitrogens is 1. The van der Waals surface area contributed by atoms with E-state index in [4.69, 9.17) is 0 Å². The van der Waals surface area contributed by atoms with Crippen molar-refractivity contribution in [2.24, 2.45) is 5.92 Å². The van der Waals surface area contributed by atoms with E-state index in [2.05, 4.69) is 40.8 Å². The maximum atomic E-state index is 12.8. The van der Waals surface area contributed by atoms with E-state index in [1.807, 2.05) is 30.3 Å². The summed E-state index contributed by atoms with van der Waals surface area (Å²) in [5.41, 5.74) is 1.26. The summed E-state index contributed by atoms with van der Waals surface area (Å²) in [5, 5.41) is 2.86. The predicted molar refractivity (Wildman–Crippen MR) is 107 cm³/mol.